The van der Waals surface area contributed by atoms with Crippen LogP contribution in [0.2, 0.25) is 0 Å². The van der Waals surface area contributed by atoms with Gasteiger partial charge in [-0.15, -0.1) is 0 Å². The topological polar surface area (TPSA) is 101 Å². The summed E-state index contributed by atoms with van der Waals surface area (Å²) in [6.45, 7) is 3.60. The van der Waals surface area contributed by atoms with Gasteiger partial charge in [-0.2, -0.15) is 0 Å². The zero-order valence-corrected chi connectivity index (χ0v) is 10.8. The largest absolute Gasteiger partial charge is 0.397 e. The summed E-state index contributed by atoms with van der Waals surface area (Å²) in [7, 11) is 0. The van der Waals surface area contributed by atoms with Crippen LogP contribution in [0.15, 0.2) is 12.3 Å². The molecule has 6 heteroatoms. The molecule has 1 heterocycles. The number of nitrogens with zero attached hydrogens (tertiary/aromatic N) is 1. The molecule has 0 saturated heterocycles. The van der Waals surface area contributed by atoms with Gasteiger partial charge in [0.1, 0.15) is 5.69 Å². The van der Waals surface area contributed by atoms with E-state index in [4.69, 9.17) is 15.9 Å². The predicted octanol–water partition coefficient (Wildman–Crippen LogP) is -0.0466. The van der Waals surface area contributed by atoms with E-state index >= 15 is 0 Å². The van der Waals surface area contributed by atoms with E-state index in [0.29, 0.717) is 17.9 Å². The molecule has 1 aromatic rings. The molecule has 1 amide bonds. The van der Waals surface area contributed by atoms with Gasteiger partial charge in [0.05, 0.1) is 24.4 Å². The number of aliphatic hydroxyl groups is 2. The molecule has 6 nitrogen and oxygen atoms in total. The monoisotopic (exact) mass is 255 g/mol. The molecule has 0 radical (unpaired) electrons. The number of aliphatic hydroxyl groups excluding tert-OH is 2. The standard InChI is InChI=1S/C12H21N3O3/c1-3-4-15-6-9(13)5-10(15)11(18)14-12(2,7-16)8-17/h5-6,16-17H,3-4,7-8,13H2,1-2H3,(H,14,18). The summed E-state index contributed by atoms with van der Waals surface area (Å²) < 4.78 is 1.76. The Bertz CT molecular complexity index is 411. The Morgan fingerprint density at radius 2 is 2.11 bits per heavy atom. The number of anilines is 1. The summed E-state index contributed by atoms with van der Waals surface area (Å²) in [5.74, 6) is -0.356. The van der Waals surface area contributed by atoms with E-state index in [9.17, 15) is 4.79 Å². The summed E-state index contributed by atoms with van der Waals surface area (Å²) in [5, 5.41) is 20.9. The molecule has 1 rings (SSSR count). The fourth-order valence-corrected chi connectivity index (χ4v) is 1.62. The van der Waals surface area contributed by atoms with Crippen molar-refractivity contribution < 1.29 is 15.0 Å². The molecule has 0 aliphatic rings. The van der Waals surface area contributed by atoms with Crippen LogP contribution < -0.4 is 11.1 Å². The van der Waals surface area contributed by atoms with Gasteiger partial charge in [-0.1, -0.05) is 6.92 Å². The van der Waals surface area contributed by atoms with Crippen molar-refractivity contribution in [2.75, 3.05) is 18.9 Å². The van der Waals surface area contributed by atoms with Gasteiger partial charge in [-0.3, -0.25) is 4.79 Å². The van der Waals surface area contributed by atoms with Crippen molar-refractivity contribution in [3.63, 3.8) is 0 Å². The lowest BCUT2D eigenvalue weighted by atomic mass is 10.1. The molecule has 0 aliphatic heterocycles. The summed E-state index contributed by atoms with van der Waals surface area (Å²) in [5.41, 5.74) is 5.59. The smallest absolute Gasteiger partial charge is 0.268 e. The number of rotatable bonds is 6. The van der Waals surface area contributed by atoms with Crippen molar-refractivity contribution in [1.29, 1.82) is 0 Å². The fraction of sp³-hybridized carbons (Fsp3) is 0.583. The highest BCUT2D eigenvalue weighted by Gasteiger charge is 2.26. The minimum Gasteiger partial charge on any atom is -0.397 e. The molecule has 18 heavy (non-hydrogen) atoms. The molecule has 0 saturated carbocycles. The second-order valence-electron chi connectivity index (χ2n) is 4.68. The van der Waals surface area contributed by atoms with E-state index in [2.05, 4.69) is 5.32 Å². The predicted molar refractivity (Wildman–Crippen MR) is 69.2 cm³/mol. The maximum absolute atomic E-state index is 12.1. The van der Waals surface area contributed by atoms with E-state index in [1.54, 1.807) is 23.8 Å². The van der Waals surface area contributed by atoms with Crippen molar-refractivity contribution in [1.82, 2.24) is 9.88 Å². The van der Waals surface area contributed by atoms with Crippen LogP contribution in [0.1, 0.15) is 30.8 Å². The molecule has 0 fully saturated rings. The normalized spacial score (nSPS) is 11.6. The number of nitrogens with one attached hydrogen (secondary N) is 1. The maximum Gasteiger partial charge on any atom is 0.268 e. The molecule has 102 valence electrons. The van der Waals surface area contributed by atoms with Crippen LogP contribution in [-0.4, -0.2) is 39.4 Å². The number of carbonyl (C=O) groups excluding carboxylic acids is 1. The second kappa shape index (κ2) is 5.88. The summed E-state index contributed by atoms with van der Waals surface area (Å²) in [6.07, 6.45) is 2.58. The van der Waals surface area contributed by atoms with Gasteiger partial charge in [0.2, 0.25) is 0 Å². The van der Waals surface area contributed by atoms with Crippen molar-refractivity contribution in [2.45, 2.75) is 32.4 Å². The minimum atomic E-state index is -1.03. The first-order valence-electron chi connectivity index (χ1n) is 5.95. The van der Waals surface area contributed by atoms with E-state index < -0.39 is 5.54 Å². The third-order valence-corrected chi connectivity index (χ3v) is 2.73. The number of hydrogen-bond donors (Lipinski definition) is 4. The zero-order valence-electron chi connectivity index (χ0n) is 10.8. The average molecular weight is 255 g/mol. The quantitative estimate of drug-likeness (QED) is 0.572. The average Bonchev–Trinajstić information content (AvgIpc) is 2.71. The number of nitrogens with two attached hydrogens (primary N) is 1. The lowest BCUT2D eigenvalue weighted by molar-refractivity contribution is 0.0716. The Morgan fingerprint density at radius 3 is 2.61 bits per heavy atom. The first-order valence-corrected chi connectivity index (χ1v) is 5.95. The van der Waals surface area contributed by atoms with Crippen LogP contribution in [0.3, 0.4) is 0 Å². The third kappa shape index (κ3) is 3.24. The Morgan fingerprint density at radius 1 is 1.50 bits per heavy atom. The minimum absolute atomic E-state index is 0.334. The molecule has 0 aliphatic carbocycles. The van der Waals surface area contributed by atoms with Crippen LogP contribution in [0.4, 0.5) is 5.69 Å². The number of aryl methyl sites for hydroxylation is 1. The van der Waals surface area contributed by atoms with Gasteiger partial charge < -0.3 is 25.8 Å². The number of aromatic nitrogens is 1. The van der Waals surface area contributed by atoms with Crippen LogP contribution >= 0.6 is 0 Å². The first kappa shape index (κ1) is 14.5. The van der Waals surface area contributed by atoms with Crippen LogP contribution in [0.5, 0.6) is 0 Å². The molecule has 1 aromatic heterocycles. The van der Waals surface area contributed by atoms with Gasteiger partial charge in [0.25, 0.3) is 5.91 Å². The van der Waals surface area contributed by atoms with Crippen molar-refractivity contribution in [3.8, 4) is 0 Å². The van der Waals surface area contributed by atoms with Crippen LogP contribution in [0.25, 0.3) is 0 Å². The van der Waals surface area contributed by atoms with E-state index in [1.807, 2.05) is 6.92 Å². The Balaban J connectivity index is 2.90. The second-order valence-corrected chi connectivity index (χ2v) is 4.68. The summed E-state index contributed by atoms with van der Waals surface area (Å²) >= 11 is 0. The highest BCUT2D eigenvalue weighted by Crippen LogP contribution is 2.13. The van der Waals surface area contributed by atoms with E-state index in [-0.39, 0.29) is 19.1 Å². The Labute approximate surface area is 106 Å². The molecule has 0 spiro atoms. The number of amides is 1. The van der Waals surface area contributed by atoms with E-state index in [0.717, 1.165) is 6.42 Å². The van der Waals surface area contributed by atoms with E-state index in [1.165, 1.54) is 0 Å². The molecule has 0 bridgehead atoms. The van der Waals surface area contributed by atoms with Crippen molar-refractivity contribution in [2.24, 2.45) is 0 Å². The molecule has 5 N–H and O–H groups in total. The highest BCUT2D eigenvalue weighted by molar-refractivity contribution is 5.94. The van der Waals surface area contributed by atoms with Crippen molar-refractivity contribution >= 4 is 11.6 Å². The lowest BCUT2D eigenvalue weighted by Gasteiger charge is -2.26. The number of hydrogen-bond acceptors (Lipinski definition) is 4. The van der Waals surface area contributed by atoms with Gasteiger partial charge >= 0.3 is 0 Å². The molecular formula is C12H21N3O3. The van der Waals surface area contributed by atoms with Crippen LogP contribution in [0, 0.1) is 0 Å². The van der Waals surface area contributed by atoms with Gasteiger partial charge in [-0.05, 0) is 19.4 Å². The van der Waals surface area contributed by atoms with Gasteiger partial charge in [-0.25, -0.2) is 0 Å². The Kier molecular flexibility index (Phi) is 4.75. The fourth-order valence-electron chi connectivity index (χ4n) is 1.62. The molecule has 0 atom stereocenters. The summed E-state index contributed by atoms with van der Waals surface area (Å²) in [6, 6.07) is 1.58. The molecular weight excluding hydrogens is 234 g/mol. The molecule has 0 unspecified atom stereocenters. The molecule has 0 aromatic carbocycles. The SMILES string of the molecule is CCCn1cc(N)cc1C(=O)NC(C)(CO)CO. The summed E-state index contributed by atoms with van der Waals surface area (Å²) in [4.78, 5) is 12.1. The first-order chi connectivity index (χ1) is 8.45. The van der Waals surface area contributed by atoms with Crippen LogP contribution in [-0.2, 0) is 6.54 Å². The van der Waals surface area contributed by atoms with Gasteiger partial charge in [0, 0.05) is 12.7 Å². The van der Waals surface area contributed by atoms with Crippen molar-refractivity contribution in [3.05, 3.63) is 18.0 Å². The Hall–Kier alpha value is -1.53. The zero-order chi connectivity index (χ0) is 13.8. The lowest BCUT2D eigenvalue weighted by Crippen LogP contribution is -2.52. The highest BCUT2D eigenvalue weighted by atomic mass is 16.3. The maximum atomic E-state index is 12.1. The number of carbonyl (C=O) groups is 1. The van der Waals surface area contributed by atoms with Gasteiger partial charge in [0.15, 0.2) is 0 Å². The number of nitrogen functional groups attached to an aromatic ring is 1. The third-order valence-electron chi connectivity index (χ3n) is 2.73.